The van der Waals surface area contributed by atoms with E-state index in [-0.39, 0.29) is 12.8 Å². The molecule has 1 aromatic heterocycles. The highest BCUT2D eigenvalue weighted by Crippen LogP contribution is 2.34. The highest BCUT2D eigenvalue weighted by Gasteiger charge is 2.27. The maximum absolute atomic E-state index is 12.6. The monoisotopic (exact) mass is 473 g/mol. The number of carbonyl (C=O) groups excluding carboxylic acids is 2. The fourth-order valence-corrected chi connectivity index (χ4v) is 4.39. The Labute approximate surface area is 203 Å². The Morgan fingerprint density at radius 2 is 1.71 bits per heavy atom. The lowest BCUT2D eigenvalue weighted by molar-refractivity contribution is -0.136. The van der Waals surface area contributed by atoms with Gasteiger partial charge in [-0.25, -0.2) is 0 Å². The lowest BCUT2D eigenvalue weighted by Crippen LogP contribution is -2.50. The van der Waals surface area contributed by atoms with Crippen LogP contribution < -0.4 is 25.0 Å². The number of benzene rings is 2. The summed E-state index contributed by atoms with van der Waals surface area (Å²) in [5.74, 6) is -0.282. The predicted molar refractivity (Wildman–Crippen MR) is 131 cm³/mol. The Balaban J connectivity index is 1.20. The molecule has 0 spiro atoms. The Bertz CT molecular complexity index is 1170. The van der Waals surface area contributed by atoms with Crippen LogP contribution in [0.1, 0.15) is 11.6 Å². The molecule has 0 bridgehead atoms. The molecule has 2 aromatic carbocycles. The van der Waals surface area contributed by atoms with E-state index < -0.39 is 11.8 Å². The number of piperazine rings is 1. The molecular formula is C26H27N5O4. The number of fused-ring (bicyclic) bond motifs is 1. The van der Waals surface area contributed by atoms with E-state index in [9.17, 15) is 9.59 Å². The van der Waals surface area contributed by atoms with Crippen LogP contribution >= 0.6 is 0 Å². The minimum atomic E-state index is -0.734. The van der Waals surface area contributed by atoms with E-state index in [4.69, 9.17) is 9.47 Å². The summed E-state index contributed by atoms with van der Waals surface area (Å²) in [5, 5.41) is 5.42. The number of rotatable bonds is 6. The number of ether oxygens (including phenoxy) is 2. The summed E-state index contributed by atoms with van der Waals surface area (Å²) < 4.78 is 10.6. The molecule has 2 aliphatic rings. The second-order valence-corrected chi connectivity index (χ2v) is 8.39. The third-order valence-corrected chi connectivity index (χ3v) is 6.24. The largest absolute Gasteiger partial charge is 0.454 e. The average molecular weight is 474 g/mol. The molecule has 1 unspecified atom stereocenters. The van der Waals surface area contributed by atoms with E-state index in [0.717, 1.165) is 31.7 Å². The molecule has 2 aliphatic heterocycles. The van der Waals surface area contributed by atoms with E-state index in [0.29, 0.717) is 23.7 Å². The molecule has 0 aliphatic carbocycles. The van der Waals surface area contributed by atoms with Crippen LogP contribution in [0.3, 0.4) is 0 Å². The first kappa shape index (κ1) is 22.7. The van der Waals surface area contributed by atoms with Gasteiger partial charge in [0.25, 0.3) is 0 Å². The van der Waals surface area contributed by atoms with Gasteiger partial charge in [-0.1, -0.05) is 24.3 Å². The maximum Gasteiger partial charge on any atom is 0.313 e. The zero-order valence-electron chi connectivity index (χ0n) is 19.2. The number of nitrogens with one attached hydrogen (secondary N) is 2. The summed E-state index contributed by atoms with van der Waals surface area (Å²) in [6.45, 7) is 3.84. The molecule has 1 atom stereocenters. The van der Waals surface area contributed by atoms with Gasteiger partial charge in [0.05, 0.1) is 6.04 Å². The molecule has 9 nitrogen and oxygen atoms in total. The zero-order valence-corrected chi connectivity index (χ0v) is 19.2. The Hall–Kier alpha value is -4.11. The summed E-state index contributed by atoms with van der Waals surface area (Å²) in [6.07, 6.45) is 3.54. The van der Waals surface area contributed by atoms with Crippen molar-refractivity contribution in [3.63, 3.8) is 0 Å². The van der Waals surface area contributed by atoms with Gasteiger partial charge in [-0.3, -0.25) is 19.5 Å². The molecule has 1 saturated heterocycles. The van der Waals surface area contributed by atoms with Crippen LogP contribution in [0.4, 0.5) is 11.4 Å². The molecule has 35 heavy (non-hydrogen) atoms. The third kappa shape index (κ3) is 5.36. The van der Waals surface area contributed by atoms with Gasteiger partial charge >= 0.3 is 11.8 Å². The van der Waals surface area contributed by atoms with Gasteiger partial charge in [-0.05, 0) is 35.9 Å². The summed E-state index contributed by atoms with van der Waals surface area (Å²) in [7, 11) is 0. The average Bonchev–Trinajstić information content (AvgIpc) is 3.38. The second kappa shape index (κ2) is 10.4. The number of para-hydroxylation sites is 1. The molecule has 0 saturated carbocycles. The second-order valence-electron chi connectivity index (χ2n) is 8.39. The number of pyridine rings is 1. The quantitative estimate of drug-likeness (QED) is 0.531. The van der Waals surface area contributed by atoms with Gasteiger partial charge in [0.1, 0.15) is 0 Å². The van der Waals surface area contributed by atoms with Crippen LogP contribution in [-0.4, -0.2) is 61.2 Å². The van der Waals surface area contributed by atoms with Gasteiger partial charge in [0.15, 0.2) is 11.5 Å². The summed E-state index contributed by atoms with van der Waals surface area (Å²) >= 11 is 0. The van der Waals surface area contributed by atoms with Crippen LogP contribution in [0, 0.1) is 0 Å². The molecule has 5 rings (SSSR count). The SMILES string of the molecule is O=C(NCC(c1cccnc1)N1CCN(c2ccccc2)CC1)C(=O)Nc1ccc2c(c1)OCO2. The first-order valence-corrected chi connectivity index (χ1v) is 11.6. The summed E-state index contributed by atoms with van der Waals surface area (Å²) in [5.41, 5.74) is 2.67. The molecule has 3 aromatic rings. The van der Waals surface area contributed by atoms with Crippen molar-refractivity contribution >= 4 is 23.2 Å². The molecule has 9 heteroatoms. The maximum atomic E-state index is 12.6. The number of hydrogen-bond donors (Lipinski definition) is 2. The first-order chi connectivity index (χ1) is 17.2. The minimum absolute atomic E-state index is 0.0936. The van der Waals surface area contributed by atoms with Crippen molar-refractivity contribution in [3.05, 3.63) is 78.6 Å². The van der Waals surface area contributed by atoms with Crippen LogP contribution in [0.5, 0.6) is 11.5 Å². The normalized spacial score (nSPS) is 15.9. The summed E-state index contributed by atoms with van der Waals surface area (Å²) in [4.78, 5) is 34.1. The number of hydrogen-bond acceptors (Lipinski definition) is 7. The molecule has 2 amide bonds. The lowest BCUT2D eigenvalue weighted by Gasteiger charge is -2.40. The standard InChI is InChI=1S/C26H27N5O4/c32-25(26(33)29-20-8-9-23-24(15-20)35-18-34-23)28-17-22(19-5-4-10-27-16-19)31-13-11-30(12-14-31)21-6-2-1-3-7-21/h1-10,15-16,22H,11-14,17-18H2,(H,28,32)(H,29,33). The fourth-order valence-electron chi connectivity index (χ4n) is 4.39. The minimum Gasteiger partial charge on any atom is -0.454 e. The van der Waals surface area contributed by atoms with Crippen molar-refractivity contribution < 1.29 is 19.1 Å². The molecule has 1 fully saturated rings. The highest BCUT2D eigenvalue weighted by molar-refractivity contribution is 6.39. The van der Waals surface area contributed by atoms with Crippen LogP contribution in [0.25, 0.3) is 0 Å². The number of carbonyl (C=O) groups is 2. The lowest BCUT2D eigenvalue weighted by atomic mass is 10.1. The van der Waals surface area contributed by atoms with E-state index in [1.807, 2.05) is 36.5 Å². The molecule has 3 heterocycles. The van der Waals surface area contributed by atoms with Crippen molar-refractivity contribution in [1.82, 2.24) is 15.2 Å². The van der Waals surface area contributed by atoms with E-state index in [2.05, 4.69) is 37.6 Å². The molecule has 180 valence electrons. The number of aromatic nitrogens is 1. The van der Waals surface area contributed by atoms with Crippen LogP contribution in [0.15, 0.2) is 73.1 Å². The summed E-state index contributed by atoms with van der Waals surface area (Å²) in [6, 6.07) is 19.1. The van der Waals surface area contributed by atoms with Gasteiger partial charge in [-0.2, -0.15) is 0 Å². The molecule has 2 N–H and O–H groups in total. The van der Waals surface area contributed by atoms with Gasteiger partial charge in [0.2, 0.25) is 6.79 Å². The van der Waals surface area contributed by atoms with Crippen molar-refractivity contribution in [1.29, 1.82) is 0 Å². The predicted octanol–water partition coefficient (Wildman–Crippen LogP) is 2.43. The first-order valence-electron chi connectivity index (χ1n) is 11.6. The van der Waals surface area contributed by atoms with Crippen LogP contribution in [-0.2, 0) is 9.59 Å². The van der Waals surface area contributed by atoms with E-state index >= 15 is 0 Å². The number of nitrogens with zero attached hydrogens (tertiary/aromatic N) is 3. The topological polar surface area (TPSA) is 96.0 Å². The van der Waals surface area contributed by atoms with Crippen LogP contribution in [0.2, 0.25) is 0 Å². The fraction of sp³-hybridized carbons (Fsp3) is 0.269. The van der Waals surface area contributed by atoms with Crippen molar-refractivity contribution in [2.75, 3.05) is 49.7 Å². The van der Waals surface area contributed by atoms with E-state index in [1.54, 1.807) is 24.4 Å². The Morgan fingerprint density at radius 3 is 2.49 bits per heavy atom. The van der Waals surface area contributed by atoms with Crippen molar-refractivity contribution in [2.45, 2.75) is 6.04 Å². The van der Waals surface area contributed by atoms with Gasteiger partial charge in [0, 0.05) is 62.6 Å². The number of amides is 2. The zero-order chi connectivity index (χ0) is 24.0. The third-order valence-electron chi connectivity index (χ3n) is 6.24. The smallest absolute Gasteiger partial charge is 0.313 e. The molecular weight excluding hydrogens is 446 g/mol. The number of anilines is 2. The van der Waals surface area contributed by atoms with Gasteiger partial charge < -0.3 is 25.0 Å². The van der Waals surface area contributed by atoms with E-state index in [1.165, 1.54) is 5.69 Å². The van der Waals surface area contributed by atoms with Gasteiger partial charge in [-0.15, -0.1) is 0 Å². The molecule has 0 radical (unpaired) electrons. The highest BCUT2D eigenvalue weighted by atomic mass is 16.7. The van der Waals surface area contributed by atoms with Crippen molar-refractivity contribution in [2.24, 2.45) is 0 Å². The Morgan fingerprint density at radius 1 is 0.914 bits per heavy atom. The Kier molecular flexibility index (Phi) is 6.76. The van der Waals surface area contributed by atoms with Crippen molar-refractivity contribution in [3.8, 4) is 11.5 Å².